The van der Waals surface area contributed by atoms with Gasteiger partial charge in [-0.1, -0.05) is 43.3 Å². The summed E-state index contributed by atoms with van der Waals surface area (Å²) in [7, 11) is -7.79. The number of likely N-dealkylation sites (N-methyl/N-ethyl adjacent to an activating group) is 1. The Morgan fingerprint density at radius 3 is 2.05 bits per heavy atom. The molecule has 0 aromatic heterocycles. The zero-order valence-electron chi connectivity index (χ0n) is 21.3. The molecule has 0 aliphatic carbocycles. The van der Waals surface area contributed by atoms with Crippen LogP contribution in [-0.4, -0.2) is 60.4 Å². The highest BCUT2D eigenvalue weighted by molar-refractivity contribution is 8.10. The van der Waals surface area contributed by atoms with Crippen molar-refractivity contribution in [1.29, 1.82) is 0 Å². The first-order chi connectivity index (χ1) is 18.2. The number of carbonyl (C=O) groups is 1. The van der Waals surface area contributed by atoms with Crippen LogP contribution in [0.5, 0.6) is 5.75 Å². The van der Waals surface area contributed by atoms with Gasteiger partial charge in [-0.3, -0.25) is 9.69 Å². The van der Waals surface area contributed by atoms with Gasteiger partial charge >= 0.3 is 0 Å². The van der Waals surface area contributed by atoms with Gasteiger partial charge in [0.15, 0.2) is 0 Å². The van der Waals surface area contributed by atoms with Crippen molar-refractivity contribution in [3.63, 3.8) is 0 Å². The van der Waals surface area contributed by atoms with Crippen molar-refractivity contribution in [3.8, 4) is 5.75 Å². The molecule has 11 heteroatoms. The molecule has 1 fully saturated rings. The average Bonchev–Trinajstić information content (AvgIpc) is 3.40. The minimum Gasteiger partial charge on any atom is -0.496 e. The fourth-order valence-corrected chi connectivity index (χ4v) is 8.34. The standard InChI is InChI=1S/C27H31N3O6S2/c1-3-29-18-10-11-22(29)20-28-27(31)25-19-21(16-17-26(25)36-2)30(37(32,33)23-12-6-4-7-13-23)38(34,35)24-14-8-5-9-15-24/h4-9,12-17,19,22H,3,10-11,18,20H2,1-2H3,(H,28,31). The van der Waals surface area contributed by atoms with Crippen molar-refractivity contribution in [1.82, 2.24) is 10.2 Å². The molecule has 3 aromatic carbocycles. The Balaban J connectivity index is 1.78. The molecule has 1 amide bonds. The molecule has 1 aliphatic heterocycles. The Hall–Kier alpha value is -3.41. The number of hydrogen-bond acceptors (Lipinski definition) is 7. The molecule has 1 saturated heterocycles. The molecule has 38 heavy (non-hydrogen) atoms. The molecule has 0 spiro atoms. The van der Waals surface area contributed by atoms with Gasteiger partial charge in [0.25, 0.3) is 26.0 Å². The smallest absolute Gasteiger partial charge is 0.277 e. The van der Waals surface area contributed by atoms with Crippen LogP contribution in [0.1, 0.15) is 30.1 Å². The highest BCUT2D eigenvalue weighted by Gasteiger charge is 2.37. The number of sulfonamides is 2. The van der Waals surface area contributed by atoms with Crippen LogP contribution < -0.4 is 13.8 Å². The van der Waals surface area contributed by atoms with E-state index in [1.54, 1.807) is 12.1 Å². The van der Waals surface area contributed by atoms with E-state index < -0.39 is 26.0 Å². The Bertz CT molecular complexity index is 1410. The van der Waals surface area contributed by atoms with E-state index in [0.29, 0.717) is 10.3 Å². The van der Waals surface area contributed by atoms with Crippen molar-refractivity contribution in [2.24, 2.45) is 0 Å². The van der Waals surface area contributed by atoms with Crippen LogP contribution in [0.2, 0.25) is 0 Å². The van der Waals surface area contributed by atoms with Crippen LogP contribution in [0.3, 0.4) is 0 Å². The topological polar surface area (TPSA) is 113 Å². The van der Waals surface area contributed by atoms with Gasteiger partial charge in [0, 0.05) is 12.6 Å². The predicted molar refractivity (Wildman–Crippen MR) is 145 cm³/mol. The van der Waals surface area contributed by atoms with E-state index in [9.17, 15) is 21.6 Å². The lowest BCUT2D eigenvalue weighted by Gasteiger charge is -2.25. The van der Waals surface area contributed by atoms with Crippen LogP contribution in [0.4, 0.5) is 5.69 Å². The third-order valence-corrected chi connectivity index (χ3v) is 10.8. The number of nitrogens with one attached hydrogen (secondary N) is 1. The second kappa shape index (κ2) is 11.5. The highest BCUT2D eigenvalue weighted by Crippen LogP contribution is 2.34. The van der Waals surface area contributed by atoms with E-state index in [0.717, 1.165) is 25.9 Å². The summed E-state index contributed by atoms with van der Waals surface area (Å²) in [5.74, 6) is -0.292. The third-order valence-electron chi connectivity index (χ3n) is 6.56. The van der Waals surface area contributed by atoms with E-state index in [1.165, 1.54) is 73.8 Å². The van der Waals surface area contributed by atoms with Crippen molar-refractivity contribution >= 4 is 31.6 Å². The molecule has 1 aliphatic rings. The number of anilines is 1. The third kappa shape index (κ3) is 5.54. The maximum absolute atomic E-state index is 13.8. The van der Waals surface area contributed by atoms with E-state index in [2.05, 4.69) is 17.1 Å². The van der Waals surface area contributed by atoms with E-state index in [1.807, 2.05) is 0 Å². The number of likely N-dealkylation sites (tertiary alicyclic amines) is 1. The number of ether oxygens (including phenoxy) is 1. The number of nitrogens with zero attached hydrogens (tertiary/aromatic N) is 2. The number of benzene rings is 3. The first kappa shape index (κ1) is 27.6. The van der Waals surface area contributed by atoms with Gasteiger partial charge in [-0.05, 0) is 68.4 Å². The average molecular weight is 558 g/mol. The molecule has 0 radical (unpaired) electrons. The highest BCUT2D eigenvalue weighted by atomic mass is 32.3. The second-order valence-corrected chi connectivity index (χ2v) is 12.7. The fraction of sp³-hybridized carbons (Fsp3) is 0.296. The summed E-state index contributed by atoms with van der Waals surface area (Å²) in [4.78, 5) is 15.1. The molecule has 1 heterocycles. The molecule has 1 N–H and O–H groups in total. The normalized spacial score (nSPS) is 16.2. The van der Waals surface area contributed by atoms with Gasteiger partial charge in [-0.2, -0.15) is 3.71 Å². The Kier molecular flexibility index (Phi) is 8.39. The fourth-order valence-electron chi connectivity index (χ4n) is 4.62. The van der Waals surface area contributed by atoms with Gasteiger partial charge in [-0.15, -0.1) is 0 Å². The molecular weight excluding hydrogens is 526 g/mol. The van der Waals surface area contributed by atoms with Crippen molar-refractivity contribution in [3.05, 3.63) is 84.4 Å². The molecule has 202 valence electrons. The predicted octanol–water partition coefficient (Wildman–Crippen LogP) is 3.49. The van der Waals surface area contributed by atoms with Gasteiger partial charge in [0.2, 0.25) is 0 Å². The first-order valence-electron chi connectivity index (χ1n) is 12.3. The minimum absolute atomic E-state index is 0.0302. The van der Waals surface area contributed by atoms with Crippen molar-refractivity contribution in [2.75, 3.05) is 30.5 Å². The number of carbonyl (C=O) groups excluding carboxylic acids is 1. The molecule has 4 rings (SSSR count). The van der Waals surface area contributed by atoms with Crippen LogP contribution >= 0.6 is 0 Å². The monoisotopic (exact) mass is 557 g/mol. The van der Waals surface area contributed by atoms with E-state index >= 15 is 0 Å². The molecular formula is C27H31N3O6S2. The van der Waals surface area contributed by atoms with Gasteiger partial charge in [0.1, 0.15) is 5.75 Å². The molecule has 1 atom stereocenters. The number of rotatable bonds is 10. The van der Waals surface area contributed by atoms with Crippen LogP contribution in [0, 0.1) is 0 Å². The molecule has 9 nitrogen and oxygen atoms in total. The second-order valence-electron chi connectivity index (χ2n) is 8.85. The number of amides is 1. The quantitative estimate of drug-likeness (QED) is 0.406. The van der Waals surface area contributed by atoms with E-state index in [4.69, 9.17) is 4.74 Å². The van der Waals surface area contributed by atoms with Crippen molar-refractivity contribution < 1.29 is 26.4 Å². The lowest BCUT2D eigenvalue weighted by Crippen LogP contribution is -2.40. The maximum atomic E-state index is 13.8. The summed E-state index contributed by atoms with van der Waals surface area (Å²) in [5.41, 5.74) is -0.178. The largest absolute Gasteiger partial charge is 0.496 e. The first-order valence-corrected chi connectivity index (χ1v) is 15.2. The molecule has 0 saturated carbocycles. The summed E-state index contributed by atoms with van der Waals surface area (Å²) in [6, 6.07) is 18.7. The van der Waals surface area contributed by atoms with Crippen molar-refractivity contribution in [2.45, 2.75) is 35.6 Å². The lowest BCUT2D eigenvalue weighted by molar-refractivity contribution is 0.0938. The Labute approximate surface area is 224 Å². The molecule has 3 aromatic rings. The van der Waals surface area contributed by atoms with Crippen LogP contribution in [0.15, 0.2) is 88.7 Å². The minimum atomic E-state index is -4.59. The van der Waals surface area contributed by atoms with E-state index in [-0.39, 0.29) is 32.8 Å². The maximum Gasteiger partial charge on any atom is 0.277 e. The van der Waals surface area contributed by atoms with Crippen LogP contribution in [0.25, 0.3) is 0 Å². The zero-order chi connectivity index (χ0) is 27.3. The molecule has 1 unspecified atom stereocenters. The van der Waals surface area contributed by atoms with Crippen LogP contribution in [-0.2, 0) is 20.0 Å². The summed E-state index contributed by atoms with van der Waals surface area (Å²) in [6.07, 6.45) is 2.01. The number of methoxy groups -OCH3 is 1. The summed E-state index contributed by atoms with van der Waals surface area (Å²) in [5, 5.41) is 2.91. The summed E-state index contributed by atoms with van der Waals surface area (Å²) >= 11 is 0. The number of hydrogen-bond donors (Lipinski definition) is 1. The zero-order valence-corrected chi connectivity index (χ0v) is 22.9. The SMILES string of the molecule is CCN1CCCC1CNC(=O)c1cc(N(S(=O)(=O)c2ccccc2)S(=O)(=O)c2ccccc2)ccc1OC. The summed E-state index contributed by atoms with van der Waals surface area (Å²) in [6.45, 7) is 4.33. The Morgan fingerprint density at radius 1 is 0.947 bits per heavy atom. The Morgan fingerprint density at radius 2 is 1.53 bits per heavy atom. The van der Waals surface area contributed by atoms with Gasteiger partial charge in [-0.25, -0.2) is 16.8 Å². The lowest BCUT2D eigenvalue weighted by atomic mass is 10.1. The summed E-state index contributed by atoms with van der Waals surface area (Å²) < 4.78 is 60.8. The molecule has 0 bridgehead atoms. The van der Waals surface area contributed by atoms with Gasteiger partial charge in [0.05, 0.1) is 28.2 Å². The van der Waals surface area contributed by atoms with Gasteiger partial charge < -0.3 is 10.1 Å².